The van der Waals surface area contributed by atoms with Crippen molar-refractivity contribution >= 4 is 22.6 Å². The minimum absolute atomic E-state index is 0.172. The topological polar surface area (TPSA) is 69.6 Å². The van der Waals surface area contributed by atoms with Crippen LogP contribution in [-0.2, 0) is 13.0 Å². The van der Waals surface area contributed by atoms with E-state index in [1.54, 1.807) is 19.3 Å². The fourth-order valence-corrected chi connectivity index (χ4v) is 2.36. The normalized spacial score (nSPS) is 12.9. The van der Waals surface area contributed by atoms with Crippen molar-refractivity contribution in [1.29, 1.82) is 0 Å². The third kappa shape index (κ3) is 2.38. The number of halogens is 1. The van der Waals surface area contributed by atoms with Gasteiger partial charge < -0.3 is 9.09 Å². The Bertz CT molecular complexity index is 733. The van der Waals surface area contributed by atoms with Gasteiger partial charge in [0.05, 0.1) is 17.1 Å². The standard InChI is InChI=1S/C13H14ClN5O/c1-8(14)13-17-10-7-15-5-3-11(10)19(13)6-4-12-16-9(2)20-18-12/h3,5,7-8H,4,6H2,1-2H3. The Hall–Kier alpha value is -1.95. The molecule has 3 aromatic heterocycles. The van der Waals surface area contributed by atoms with Gasteiger partial charge in [0, 0.05) is 26.1 Å². The van der Waals surface area contributed by atoms with Gasteiger partial charge in [0.2, 0.25) is 5.89 Å². The molecule has 0 aliphatic carbocycles. The first-order valence-corrected chi connectivity index (χ1v) is 6.82. The third-order valence-corrected chi connectivity index (χ3v) is 3.26. The second kappa shape index (κ2) is 5.20. The molecule has 0 bridgehead atoms. The highest BCUT2D eigenvalue weighted by molar-refractivity contribution is 6.20. The summed E-state index contributed by atoms with van der Waals surface area (Å²) in [4.78, 5) is 12.8. The number of imidazole rings is 1. The minimum atomic E-state index is -0.172. The molecule has 0 saturated carbocycles. The van der Waals surface area contributed by atoms with Crippen LogP contribution < -0.4 is 0 Å². The Morgan fingerprint density at radius 1 is 1.40 bits per heavy atom. The van der Waals surface area contributed by atoms with Gasteiger partial charge in [0.1, 0.15) is 11.3 Å². The zero-order valence-electron chi connectivity index (χ0n) is 11.2. The molecule has 0 saturated heterocycles. The Labute approximate surface area is 120 Å². The quantitative estimate of drug-likeness (QED) is 0.691. The van der Waals surface area contributed by atoms with Crippen LogP contribution in [0.15, 0.2) is 23.0 Å². The molecular formula is C13H14ClN5O. The van der Waals surface area contributed by atoms with E-state index in [0.29, 0.717) is 24.7 Å². The van der Waals surface area contributed by atoms with E-state index in [2.05, 4.69) is 24.7 Å². The summed E-state index contributed by atoms with van der Waals surface area (Å²) in [5, 5.41) is 3.73. The van der Waals surface area contributed by atoms with Gasteiger partial charge in [-0.05, 0) is 13.0 Å². The van der Waals surface area contributed by atoms with Crippen molar-refractivity contribution in [3.05, 3.63) is 36.0 Å². The van der Waals surface area contributed by atoms with E-state index in [1.165, 1.54) is 0 Å². The molecule has 0 spiro atoms. The first-order valence-electron chi connectivity index (χ1n) is 6.38. The molecule has 3 aromatic rings. The maximum absolute atomic E-state index is 6.21. The average molecular weight is 292 g/mol. The average Bonchev–Trinajstić information content (AvgIpc) is 3.00. The van der Waals surface area contributed by atoms with Gasteiger partial charge >= 0.3 is 0 Å². The van der Waals surface area contributed by atoms with E-state index in [-0.39, 0.29) is 5.38 Å². The van der Waals surface area contributed by atoms with Crippen molar-refractivity contribution in [2.24, 2.45) is 0 Å². The molecule has 1 unspecified atom stereocenters. The zero-order chi connectivity index (χ0) is 14.1. The number of rotatable bonds is 4. The third-order valence-electron chi connectivity index (χ3n) is 3.06. The maximum Gasteiger partial charge on any atom is 0.223 e. The Kier molecular flexibility index (Phi) is 3.40. The maximum atomic E-state index is 6.21. The number of fused-ring (bicyclic) bond motifs is 1. The number of hydrogen-bond acceptors (Lipinski definition) is 5. The molecule has 1 atom stereocenters. The van der Waals surface area contributed by atoms with Crippen LogP contribution in [0.4, 0.5) is 0 Å². The van der Waals surface area contributed by atoms with Crippen molar-refractivity contribution in [2.45, 2.75) is 32.2 Å². The van der Waals surface area contributed by atoms with E-state index >= 15 is 0 Å². The lowest BCUT2D eigenvalue weighted by molar-refractivity contribution is 0.386. The minimum Gasteiger partial charge on any atom is -0.340 e. The van der Waals surface area contributed by atoms with Crippen molar-refractivity contribution in [1.82, 2.24) is 24.7 Å². The highest BCUT2D eigenvalue weighted by Crippen LogP contribution is 2.24. The Balaban J connectivity index is 1.94. The number of alkyl halides is 1. The smallest absolute Gasteiger partial charge is 0.223 e. The molecule has 7 heteroatoms. The molecule has 20 heavy (non-hydrogen) atoms. The molecule has 3 heterocycles. The van der Waals surface area contributed by atoms with Crippen LogP contribution >= 0.6 is 11.6 Å². The number of aromatic nitrogens is 5. The molecule has 3 rings (SSSR count). The lowest BCUT2D eigenvalue weighted by Gasteiger charge is -2.08. The predicted molar refractivity (Wildman–Crippen MR) is 74.5 cm³/mol. The molecule has 0 radical (unpaired) electrons. The van der Waals surface area contributed by atoms with Gasteiger partial charge in [-0.15, -0.1) is 11.6 Å². The van der Waals surface area contributed by atoms with E-state index in [4.69, 9.17) is 16.1 Å². The summed E-state index contributed by atoms with van der Waals surface area (Å²) in [5.41, 5.74) is 1.86. The van der Waals surface area contributed by atoms with E-state index in [9.17, 15) is 0 Å². The van der Waals surface area contributed by atoms with Gasteiger partial charge in [-0.2, -0.15) is 4.98 Å². The van der Waals surface area contributed by atoms with Crippen molar-refractivity contribution in [3.8, 4) is 0 Å². The first-order chi connectivity index (χ1) is 9.65. The number of hydrogen-bond donors (Lipinski definition) is 0. The van der Waals surface area contributed by atoms with Crippen LogP contribution in [-0.4, -0.2) is 24.7 Å². The lowest BCUT2D eigenvalue weighted by Crippen LogP contribution is -2.07. The van der Waals surface area contributed by atoms with Crippen molar-refractivity contribution in [2.75, 3.05) is 0 Å². The number of pyridine rings is 1. The highest BCUT2D eigenvalue weighted by atomic mass is 35.5. The van der Waals surface area contributed by atoms with Gasteiger partial charge in [-0.25, -0.2) is 4.98 Å². The predicted octanol–water partition coefficient (Wildman–Crippen LogP) is 2.67. The summed E-state index contributed by atoms with van der Waals surface area (Å²) in [6.45, 7) is 4.39. The molecule has 6 nitrogen and oxygen atoms in total. The molecule has 0 aliphatic rings. The second-order valence-electron chi connectivity index (χ2n) is 4.58. The molecule has 0 aliphatic heterocycles. The highest BCUT2D eigenvalue weighted by Gasteiger charge is 2.15. The summed E-state index contributed by atoms with van der Waals surface area (Å²) < 4.78 is 7.06. The molecule has 0 N–H and O–H groups in total. The summed E-state index contributed by atoms with van der Waals surface area (Å²) in [6, 6.07) is 1.94. The Morgan fingerprint density at radius 3 is 2.95 bits per heavy atom. The lowest BCUT2D eigenvalue weighted by atomic mass is 10.3. The summed E-state index contributed by atoms with van der Waals surface area (Å²) in [5.74, 6) is 2.09. The van der Waals surface area contributed by atoms with E-state index in [1.807, 2.05) is 13.0 Å². The monoisotopic (exact) mass is 291 g/mol. The van der Waals surface area contributed by atoms with Crippen LogP contribution in [0.25, 0.3) is 11.0 Å². The summed E-state index contributed by atoms with van der Waals surface area (Å²) in [7, 11) is 0. The molecular weight excluding hydrogens is 278 g/mol. The van der Waals surface area contributed by atoms with Gasteiger partial charge in [-0.3, -0.25) is 4.98 Å². The van der Waals surface area contributed by atoms with Crippen LogP contribution in [0.3, 0.4) is 0 Å². The van der Waals surface area contributed by atoms with Gasteiger partial charge in [0.15, 0.2) is 5.82 Å². The van der Waals surface area contributed by atoms with Crippen LogP contribution in [0, 0.1) is 6.92 Å². The molecule has 0 amide bonds. The SMILES string of the molecule is Cc1nc(CCn2c(C(C)Cl)nc3cnccc32)no1. The fraction of sp³-hybridized carbons (Fsp3) is 0.385. The largest absolute Gasteiger partial charge is 0.340 e. The second-order valence-corrected chi connectivity index (χ2v) is 5.24. The van der Waals surface area contributed by atoms with Gasteiger partial charge in [-0.1, -0.05) is 5.16 Å². The van der Waals surface area contributed by atoms with Gasteiger partial charge in [0.25, 0.3) is 0 Å². The van der Waals surface area contributed by atoms with Crippen molar-refractivity contribution in [3.63, 3.8) is 0 Å². The first kappa shape index (κ1) is 13.1. The molecule has 104 valence electrons. The van der Waals surface area contributed by atoms with Crippen LogP contribution in [0.2, 0.25) is 0 Å². The number of aryl methyl sites for hydroxylation is 3. The molecule has 0 aromatic carbocycles. The van der Waals surface area contributed by atoms with E-state index in [0.717, 1.165) is 16.9 Å². The number of nitrogens with zero attached hydrogens (tertiary/aromatic N) is 5. The Morgan fingerprint density at radius 2 is 2.25 bits per heavy atom. The van der Waals surface area contributed by atoms with Crippen LogP contribution in [0.1, 0.15) is 29.8 Å². The van der Waals surface area contributed by atoms with E-state index < -0.39 is 0 Å². The summed E-state index contributed by atoms with van der Waals surface area (Å²) in [6.07, 6.45) is 4.16. The van der Waals surface area contributed by atoms with Crippen molar-refractivity contribution < 1.29 is 4.52 Å². The molecule has 0 fully saturated rings. The zero-order valence-corrected chi connectivity index (χ0v) is 12.0. The fourth-order valence-electron chi connectivity index (χ4n) is 2.19. The van der Waals surface area contributed by atoms with Crippen LogP contribution in [0.5, 0.6) is 0 Å². The summed E-state index contributed by atoms with van der Waals surface area (Å²) >= 11 is 6.21.